The molecule has 7 heteroatoms. The van der Waals surface area contributed by atoms with Crippen LogP contribution in [0.15, 0.2) is 30.3 Å². The molecule has 0 radical (unpaired) electrons. The Kier molecular flexibility index (Phi) is 6.51. The van der Waals surface area contributed by atoms with Crippen molar-refractivity contribution in [3.8, 4) is 5.75 Å². The fourth-order valence-corrected chi connectivity index (χ4v) is 5.05. The lowest BCUT2D eigenvalue weighted by Crippen LogP contribution is -2.38. The maximum atomic E-state index is 15.2. The fourth-order valence-electron chi connectivity index (χ4n) is 4.54. The SMILES string of the molecule is COC(=O)C1CCN(C2CCc3c2ccc(OCc2c(Cl)cccc2Cl)c3F)CC1. The van der Waals surface area contributed by atoms with Crippen LogP contribution in [0, 0.1) is 11.7 Å². The molecule has 2 aromatic carbocycles. The molecule has 0 aromatic heterocycles. The molecule has 1 fully saturated rings. The summed E-state index contributed by atoms with van der Waals surface area (Å²) in [4.78, 5) is 14.1. The van der Waals surface area contributed by atoms with Gasteiger partial charge in [-0.15, -0.1) is 0 Å². The van der Waals surface area contributed by atoms with Crippen molar-refractivity contribution >= 4 is 29.2 Å². The van der Waals surface area contributed by atoms with Gasteiger partial charge in [-0.3, -0.25) is 9.69 Å². The number of carbonyl (C=O) groups is 1. The Hall–Kier alpha value is -1.82. The molecule has 1 unspecified atom stereocenters. The second-order valence-corrected chi connectivity index (χ2v) is 8.64. The molecule has 4 nitrogen and oxygen atoms in total. The first-order valence-corrected chi connectivity index (χ1v) is 10.9. The average Bonchev–Trinajstić information content (AvgIpc) is 3.19. The third-order valence-electron chi connectivity index (χ3n) is 6.21. The van der Waals surface area contributed by atoms with Gasteiger partial charge >= 0.3 is 5.97 Å². The lowest BCUT2D eigenvalue weighted by molar-refractivity contribution is -0.147. The fraction of sp³-hybridized carbons (Fsp3) is 0.435. The second-order valence-electron chi connectivity index (χ2n) is 7.82. The van der Waals surface area contributed by atoms with Crippen LogP contribution in [-0.4, -0.2) is 31.1 Å². The highest BCUT2D eigenvalue weighted by Crippen LogP contribution is 2.41. The average molecular weight is 452 g/mol. The predicted octanol–water partition coefficient (Wildman–Crippen LogP) is 5.58. The largest absolute Gasteiger partial charge is 0.486 e. The van der Waals surface area contributed by atoms with E-state index in [0.29, 0.717) is 22.0 Å². The van der Waals surface area contributed by atoms with E-state index in [1.165, 1.54) is 7.11 Å². The molecule has 0 spiro atoms. The summed E-state index contributed by atoms with van der Waals surface area (Å²) in [5, 5.41) is 0.999. The van der Waals surface area contributed by atoms with Gasteiger partial charge in [-0.05, 0) is 68.1 Å². The Labute approximate surface area is 185 Å². The Morgan fingerprint density at radius 1 is 1.13 bits per heavy atom. The molecule has 0 amide bonds. The van der Waals surface area contributed by atoms with Crippen molar-refractivity contribution in [2.45, 2.75) is 38.3 Å². The van der Waals surface area contributed by atoms with Gasteiger partial charge in [-0.25, -0.2) is 4.39 Å². The smallest absolute Gasteiger partial charge is 0.308 e. The number of halogens is 3. The van der Waals surface area contributed by atoms with E-state index >= 15 is 4.39 Å². The number of hydrogen-bond donors (Lipinski definition) is 0. The number of methoxy groups -OCH3 is 1. The number of fused-ring (bicyclic) bond motifs is 1. The molecule has 2 aromatic rings. The number of hydrogen-bond acceptors (Lipinski definition) is 4. The van der Waals surface area contributed by atoms with E-state index in [4.69, 9.17) is 32.7 Å². The molecule has 1 atom stereocenters. The number of benzene rings is 2. The van der Waals surface area contributed by atoms with Crippen LogP contribution in [0.1, 0.15) is 42.0 Å². The number of ether oxygens (including phenoxy) is 2. The van der Waals surface area contributed by atoms with Gasteiger partial charge in [0.05, 0.1) is 13.0 Å². The summed E-state index contributed by atoms with van der Waals surface area (Å²) >= 11 is 12.4. The number of nitrogens with zero attached hydrogens (tertiary/aromatic N) is 1. The summed E-state index contributed by atoms with van der Waals surface area (Å²) < 4.78 is 25.8. The molecule has 4 rings (SSSR count). The number of esters is 1. The molecule has 1 aliphatic heterocycles. The van der Waals surface area contributed by atoms with Gasteiger partial charge in [0.1, 0.15) is 6.61 Å². The van der Waals surface area contributed by atoms with Crippen molar-refractivity contribution in [3.63, 3.8) is 0 Å². The van der Waals surface area contributed by atoms with Gasteiger partial charge in [-0.1, -0.05) is 35.3 Å². The van der Waals surface area contributed by atoms with Crippen LogP contribution in [0.3, 0.4) is 0 Å². The lowest BCUT2D eigenvalue weighted by Gasteiger charge is -2.35. The maximum Gasteiger partial charge on any atom is 0.308 e. The molecule has 1 aliphatic carbocycles. The Morgan fingerprint density at radius 2 is 1.83 bits per heavy atom. The predicted molar refractivity (Wildman–Crippen MR) is 115 cm³/mol. The van der Waals surface area contributed by atoms with Crippen molar-refractivity contribution in [1.29, 1.82) is 0 Å². The molecule has 2 aliphatic rings. The highest BCUT2D eigenvalue weighted by Gasteiger charge is 2.34. The van der Waals surface area contributed by atoms with Crippen LogP contribution in [-0.2, 0) is 22.6 Å². The quantitative estimate of drug-likeness (QED) is 0.555. The Bertz CT molecular complexity index is 924. The minimum Gasteiger partial charge on any atom is -0.486 e. The van der Waals surface area contributed by atoms with Gasteiger partial charge < -0.3 is 9.47 Å². The van der Waals surface area contributed by atoms with E-state index in [1.807, 2.05) is 6.07 Å². The molecular formula is C23H24Cl2FNO3. The summed E-state index contributed by atoms with van der Waals surface area (Å²) in [5.41, 5.74) is 2.39. The molecule has 30 heavy (non-hydrogen) atoms. The molecule has 160 valence electrons. The van der Waals surface area contributed by atoms with Crippen molar-refractivity contribution in [2.24, 2.45) is 5.92 Å². The monoisotopic (exact) mass is 451 g/mol. The minimum atomic E-state index is -0.303. The lowest BCUT2D eigenvalue weighted by atomic mass is 9.94. The first kappa shape index (κ1) is 21.4. The summed E-state index contributed by atoms with van der Waals surface area (Å²) in [5.74, 6) is -0.249. The van der Waals surface area contributed by atoms with Crippen molar-refractivity contribution < 1.29 is 18.7 Å². The van der Waals surface area contributed by atoms with E-state index in [1.54, 1.807) is 24.3 Å². The van der Waals surface area contributed by atoms with Crippen LogP contribution >= 0.6 is 23.2 Å². The second kappa shape index (κ2) is 9.13. The molecule has 0 saturated carbocycles. The van der Waals surface area contributed by atoms with Crippen LogP contribution in [0.25, 0.3) is 0 Å². The van der Waals surface area contributed by atoms with Gasteiger partial charge in [0, 0.05) is 21.7 Å². The zero-order valence-corrected chi connectivity index (χ0v) is 18.3. The van der Waals surface area contributed by atoms with Gasteiger partial charge in [-0.2, -0.15) is 0 Å². The highest BCUT2D eigenvalue weighted by molar-refractivity contribution is 6.35. The topological polar surface area (TPSA) is 38.8 Å². The molecule has 1 heterocycles. The van der Waals surface area contributed by atoms with Crippen molar-refractivity contribution in [1.82, 2.24) is 4.90 Å². The number of piperidine rings is 1. The number of likely N-dealkylation sites (tertiary alicyclic amines) is 1. The molecular weight excluding hydrogens is 428 g/mol. The van der Waals surface area contributed by atoms with Crippen molar-refractivity contribution in [3.05, 3.63) is 62.9 Å². The Morgan fingerprint density at radius 3 is 2.50 bits per heavy atom. The summed E-state index contributed by atoms with van der Waals surface area (Å²) in [6, 6.07) is 9.07. The van der Waals surface area contributed by atoms with Gasteiger partial charge in [0.15, 0.2) is 11.6 Å². The van der Waals surface area contributed by atoms with Gasteiger partial charge in [0.2, 0.25) is 0 Å². The minimum absolute atomic E-state index is 0.0312. The summed E-state index contributed by atoms with van der Waals surface area (Å²) in [6.45, 7) is 1.74. The number of carbonyl (C=O) groups excluding carboxylic acids is 1. The van der Waals surface area contributed by atoms with E-state index < -0.39 is 0 Å². The van der Waals surface area contributed by atoms with E-state index in [0.717, 1.165) is 43.5 Å². The van der Waals surface area contributed by atoms with Crippen LogP contribution in [0.5, 0.6) is 5.75 Å². The standard InChI is InChI=1S/C23H24Cl2FNO3/c1-29-23(28)14-9-11-27(12-10-14)20-7-5-16-15(20)6-8-21(22(16)26)30-13-17-18(24)3-2-4-19(17)25/h2-4,6,8,14,20H,5,7,9-13H2,1H3. The van der Waals surface area contributed by atoms with E-state index in [-0.39, 0.29) is 36.1 Å². The van der Waals surface area contributed by atoms with Gasteiger partial charge in [0.25, 0.3) is 0 Å². The maximum absolute atomic E-state index is 15.2. The van der Waals surface area contributed by atoms with Crippen LogP contribution in [0.4, 0.5) is 4.39 Å². The van der Waals surface area contributed by atoms with Crippen LogP contribution < -0.4 is 4.74 Å². The highest BCUT2D eigenvalue weighted by atomic mass is 35.5. The first-order chi connectivity index (χ1) is 14.5. The zero-order chi connectivity index (χ0) is 21.3. The van der Waals surface area contributed by atoms with E-state index in [2.05, 4.69) is 4.90 Å². The molecule has 1 saturated heterocycles. The normalized spacial score (nSPS) is 19.5. The van der Waals surface area contributed by atoms with Crippen molar-refractivity contribution in [2.75, 3.05) is 20.2 Å². The third kappa shape index (κ3) is 4.16. The number of rotatable bonds is 5. The van der Waals surface area contributed by atoms with E-state index in [9.17, 15) is 4.79 Å². The first-order valence-electron chi connectivity index (χ1n) is 10.2. The molecule has 0 N–H and O–H groups in total. The zero-order valence-electron chi connectivity index (χ0n) is 16.8. The Balaban J connectivity index is 1.45. The summed E-state index contributed by atoms with van der Waals surface area (Å²) in [7, 11) is 1.43. The molecule has 0 bridgehead atoms. The van der Waals surface area contributed by atoms with Crippen LogP contribution in [0.2, 0.25) is 10.0 Å². The summed E-state index contributed by atoms with van der Waals surface area (Å²) in [6.07, 6.45) is 3.10. The third-order valence-corrected chi connectivity index (χ3v) is 6.92.